The Hall–Kier alpha value is -0.846. The van der Waals surface area contributed by atoms with Gasteiger partial charge in [0.05, 0.1) is 30.1 Å². The highest BCUT2D eigenvalue weighted by Crippen LogP contribution is 2.58. The van der Waals surface area contributed by atoms with E-state index < -0.39 is 28.2 Å². The van der Waals surface area contributed by atoms with Crippen molar-refractivity contribution in [3.8, 4) is 0 Å². The zero-order valence-corrected chi connectivity index (χ0v) is 27.8. The van der Waals surface area contributed by atoms with Gasteiger partial charge in [-0.25, -0.2) is 0 Å². The van der Waals surface area contributed by atoms with E-state index >= 15 is 0 Å². The zero-order valence-electron chi connectivity index (χ0n) is 25.8. The van der Waals surface area contributed by atoms with Crippen molar-refractivity contribution in [2.75, 3.05) is 20.7 Å². The maximum absolute atomic E-state index is 14.9. The van der Waals surface area contributed by atoms with Gasteiger partial charge in [0.2, 0.25) is 0 Å². The van der Waals surface area contributed by atoms with Gasteiger partial charge in [-0.3, -0.25) is 9.59 Å². The first kappa shape index (κ1) is 29.6. The molecule has 0 spiro atoms. The molecule has 5 aliphatic rings. The number of Topliss-reactive ketones (excluding diaryl/α,β-unsaturated/α-hetero) is 1. The maximum atomic E-state index is 14.9. The van der Waals surface area contributed by atoms with Crippen LogP contribution in [0.4, 0.5) is 0 Å². The van der Waals surface area contributed by atoms with Crippen LogP contribution < -0.4 is 0 Å². The molecule has 2 saturated carbocycles. The Bertz CT molecular complexity index is 1040. The Morgan fingerprint density at radius 2 is 1.74 bits per heavy atom. The fourth-order valence-corrected chi connectivity index (χ4v) is 19.4. The van der Waals surface area contributed by atoms with E-state index in [1.807, 2.05) is 21.0 Å². The van der Waals surface area contributed by atoms with Gasteiger partial charge in [-0.15, -0.1) is 0 Å². The molecule has 2 heterocycles. The second-order valence-electron chi connectivity index (χ2n) is 15.0. The molecule has 0 N–H and O–H groups in total. The molecule has 2 saturated heterocycles. The first-order valence-corrected chi connectivity index (χ1v) is 21.3. The largest absolute Gasteiger partial charge is 0.458 e. The van der Waals surface area contributed by atoms with Crippen LogP contribution in [0.3, 0.4) is 0 Å². The minimum atomic E-state index is -2.24. The molecule has 4 bridgehead atoms. The normalized spacial score (nSPS) is 42.5. The minimum absolute atomic E-state index is 0.0774. The van der Waals surface area contributed by atoms with E-state index in [4.69, 9.17) is 18.3 Å². The van der Waals surface area contributed by atoms with Crippen LogP contribution in [0, 0.1) is 29.1 Å². The fourth-order valence-electron chi connectivity index (χ4n) is 8.53. The number of rotatable bonds is 4. The van der Waals surface area contributed by atoms with Crippen LogP contribution in [0.1, 0.15) is 53.4 Å². The standard InChI is InChI=1S/C30H51NO6Si2/c1-17(19(3)31(5)6)29(33)35-24-13-20-11-21(18(24)2)27-28(32)30(4)23(12-20)22-15-34-25(22)14-26(30)36-38(7,8)16-39(9,10)37-27/h17,19-20,22-27H,11-16H2,1-10H3/t17-,19+,20-,22-,23+,24+,25+,26+,27-,30+/m1/s1. The van der Waals surface area contributed by atoms with E-state index in [1.165, 1.54) is 0 Å². The Morgan fingerprint density at radius 3 is 2.36 bits per heavy atom. The van der Waals surface area contributed by atoms with E-state index in [2.05, 4.69) is 51.9 Å². The van der Waals surface area contributed by atoms with Gasteiger partial charge in [0.15, 0.2) is 22.4 Å². The summed E-state index contributed by atoms with van der Waals surface area (Å²) in [6, 6.07) is 0.0774. The van der Waals surface area contributed by atoms with Gasteiger partial charge in [-0.1, -0.05) is 6.92 Å². The molecule has 0 radical (unpaired) electrons. The van der Waals surface area contributed by atoms with Gasteiger partial charge >= 0.3 is 5.97 Å². The quantitative estimate of drug-likeness (QED) is 0.266. The Balaban J connectivity index is 1.57. The molecule has 4 fully saturated rings. The molecule has 3 aliphatic carbocycles. The molecule has 2 aliphatic heterocycles. The smallest absolute Gasteiger partial charge is 0.310 e. The lowest BCUT2D eigenvalue weighted by molar-refractivity contribution is -0.225. The zero-order chi connectivity index (χ0) is 28.7. The van der Waals surface area contributed by atoms with E-state index in [0.29, 0.717) is 11.8 Å². The number of carbonyl (C=O) groups excluding carboxylic acids is 2. The molecule has 0 amide bonds. The van der Waals surface area contributed by atoms with Crippen molar-refractivity contribution in [3.63, 3.8) is 0 Å². The van der Waals surface area contributed by atoms with Crippen LogP contribution in [0.15, 0.2) is 11.1 Å². The molecule has 0 aromatic heterocycles. The summed E-state index contributed by atoms with van der Waals surface area (Å²) in [5.41, 5.74) is 2.46. The number of esters is 1. The number of ether oxygens (including phenoxy) is 2. The van der Waals surface area contributed by atoms with Crippen molar-refractivity contribution in [1.29, 1.82) is 0 Å². The Morgan fingerprint density at radius 1 is 1.08 bits per heavy atom. The molecule has 39 heavy (non-hydrogen) atoms. The van der Waals surface area contributed by atoms with Crippen molar-refractivity contribution in [2.45, 2.75) is 116 Å². The number of nitrogens with zero attached hydrogens (tertiary/aromatic N) is 1. The predicted octanol–water partition coefficient (Wildman–Crippen LogP) is 4.96. The summed E-state index contributed by atoms with van der Waals surface area (Å²) in [6.07, 6.45) is 2.57. The van der Waals surface area contributed by atoms with Crippen molar-refractivity contribution in [2.24, 2.45) is 29.1 Å². The predicted molar refractivity (Wildman–Crippen MR) is 156 cm³/mol. The average molecular weight is 578 g/mol. The van der Waals surface area contributed by atoms with Gasteiger partial charge in [-0.2, -0.15) is 0 Å². The molecule has 5 rings (SSSR count). The van der Waals surface area contributed by atoms with Crippen molar-refractivity contribution in [3.05, 3.63) is 11.1 Å². The maximum Gasteiger partial charge on any atom is 0.310 e. The molecule has 0 aromatic carbocycles. The highest BCUT2D eigenvalue weighted by molar-refractivity contribution is 6.89. The lowest BCUT2D eigenvalue weighted by atomic mass is 9.52. The molecule has 7 nitrogen and oxygen atoms in total. The second kappa shape index (κ2) is 10.2. The fraction of sp³-hybridized carbons (Fsp3) is 0.867. The summed E-state index contributed by atoms with van der Waals surface area (Å²) in [6.45, 7) is 18.1. The monoisotopic (exact) mass is 577 g/mol. The highest BCUT2D eigenvalue weighted by Gasteiger charge is 2.64. The molecule has 9 heteroatoms. The van der Waals surface area contributed by atoms with Gasteiger partial charge in [-0.05, 0) is 115 Å². The topological polar surface area (TPSA) is 74.3 Å². The van der Waals surface area contributed by atoms with Crippen LogP contribution in [0.25, 0.3) is 0 Å². The van der Waals surface area contributed by atoms with Gasteiger partial charge < -0.3 is 23.2 Å². The summed E-state index contributed by atoms with van der Waals surface area (Å²) < 4.78 is 26.5. The summed E-state index contributed by atoms with van der Waals surface area (Å²) in [7, 11) is -0.357. The highest BCUT2D eigenvalue weighted by atomic mass is 28.4. The first-order chi connectivity index (χ1) is 18.0. The Kier molecular flexibility index (Phi) is 7.72. The van der Waals surface area contributed by atoms with E-state index in [1.54, 1.807) is 0 Å². The number of carbonyl (C=O) groups is 2. The lowest BCUT2D eigenvalue weighted by Gasteiger charge is -2.59. The number of ketones is 1. The summed E-state index contributed by atoms with van der Waals surface area (Å²) in [4.78, 5) is 30.3. The molecular formula is C30H51NO6Si2. The van der Waals surface area contributed by atoms with Crippen LogP contribution in [0.5, 0.6) is 0 Å². The molecule has 10 atom stereocenters. The molecule has 0 unspecified atom stereocenters. The third-order valence-corrected chi connectivity index (χ3v) is 19.6. The third kappa shape index (κ3) is 5.18. The number of hydrogen-bond donors (Lipinski definition) is 0. The number of fused-ring (bicyclic) bond motifs is 6. The van der Waals surface area contributed by atoms with E-state index in [9.17, 15) is 9.59 Å². The van der Waals surface area contributed by atoms with Crippen molar-refractivity contribution in [1.82, 2.24) is 4.90 Å². The van der Waals surface area contributed by atoms with Crippen LogP contribution >= 0.6 is 0 Å². The lowest BCUT2D eigenvalue weighted by Crippen LogP contribution is -2.66. The first-order valence-electron chi connectivity index (χ1n) is 15.1. The van der Waals surface area contributed by atoms with Crippen LogP contribution in [-0.4, -0.2) is 84.4 Å². The molecule has 220 valence electrons. The number of hydrogen-bond acceptors (Lipinski definition) is 7. The average Bonchev–Trinajstić information content (AvgIpc) is 2.83. The minimum Gasteiger partial charge on any atom is -0.458 e. The summed E-state index contributed by atoms with van der Waals surface area (Å²) in [5.74, 6) is 0.705. The van der Waals surface area contributed by atoms with Gasteiger partial charge in [0.1, 0.15) is 12.2 Å². The van der Waals surface area contributed by atoms with E-state index in [0.717, 1.165) is 49.1 Å². The van der Waals surface area contributed by atoms with Gasteiger partial charge in [0.25, 0.3) is 0 Å². The Labute approximate surface area is 237 Å². The second-order valence-corrected chi connectivity index (χ2v) is 23.9. The third-order valence-electron chi connectivity index (χ3n) is 11.0. The van der Waals surface area contributed by atoms with Gasteiger partial charge in [0, 0.05) is 12.0 Å². The van der Waals surface area contributed by atoms with Crippen LogP contribution in [-0.2, 0) is 27.9 Å². The van der Waals surface area contributed by atoms with Crippen LogP contribution in [0.2, 0.25) is 31.9 Å². The molecular weight excluding hydrogens is 527 g/mol. The van der Waals surface area contributed by atoms with Crippen molar-refractivity contribution < 1.29 is 27.9 Å². The van der Waals surface area contributed by atoms with Crippen molar-refractivity contribution >= 4 is 28.4 Å². The van der Waals surface area contributed by atoms with E-state index in [-0.39, 0.29) is 47.9 Å². The SMILES string of the molecule is CC1=C2C[C@@H](C[C@@H]1OC(=O)[C@H](C)[C@H](C)N(C)C)C[C@H]1[C@H]3CO[C@H]3C[C@@H]3O[Si](C)(C)C[Si](C)(C)O[C@H]2C(=O)[C@]31C. The summed E-state index contributed by atoms with van der Waals surface area (Å²) >= 11 is 0. The summed E-state index contributed by atoms with van der Waals surface area (Å²) in [5, 5.41) is 0. The molecule has 0 aromatic rings.